The van der Waals surface area contributed by atoms with Crippen molar-refractivity contribution >= 4 is 11.1 Å². The Bertz CT molecular complexity index is 805. The number of fused-ring (bicyclic) bond motifs is 1. The zero-order valence-electron chi connectivity index (χ0n) is 12.6. The molecule has 1 fully saturated rings. The maximum atomic E-state index is 13.3. The summed E-state index contributed by atoms with van der Waals surface area (Å²) in [6.07, 6.45) is 3.67. The van der Waals surface area contributed by atoms with Crippen LogP contribution in [-0.4, -0.2) is 34.5 Å². The van der Waals surface area contributed by atoms with Gasteiger partial charge in [-0.15, -0.1) is 0 Å². The van der Waals surface area contributed by atoms with Gasteiger partial charge in [0.15, 0.2) is 5.58 Å². The number of nitrogens with one attached hydrogen (secondary N) is 1. The molecule has 3 heterocycles. The number of rotatable bonds is 3. The molecule has 3 aromatic rings. The lowest BCUT2D eigenvalue weighted by Gasteiger charge is -2.35. The van der Waals surface area contributed by atoms with E-state index in [2.05, 4.69) is 26.3 Å². The standard InChI is InChI=1S/C17H17FN4O/c18-13-3-4-14-16(8-13)23-17(21-14)11-22-7-6-20-10-15(22)12-2-1-5-19-9-12/h1-5,8-9,15,20H,6-7,10-11H2. The first-order valence-electron chi connectivity index (χ1n) is 7.69. The molecule has 1 saturated heterocycles. The van der Waals surface area contributed by atoms with Crippen molar-refractivity contribution in [1.82, 2.24) is 20.2 Å². The van der Waals surface area contributed by atoms with E-state index in [9.17, 15) is 4.39 Å². The van der Waals surface area contributed by atoms with E-state index >= 15 is 0 Å². The molecule has 0 radical (unpaired) electrons. The molecule has 1 aliphatic rings. The molecule has 23 heavy (non-hydrogen) atoms. The second-order valence-corrected chi connectivity index (χ2v) is 5.70. The lowest BCUT2D eigenvalue weighted by atomic mass is 10.1. The molecule has 1 N–H and O–H groups in total. The fourth-order valence-electron chi connectivity index (χ4n) is 3.02. The van der Waals surface area contributed by atoms with E-state index in [0.29, 0.717) is 23.5 Å². The van der Waals surface area contributed by atoms with E-state index < -0.39 is 0 Å². The summed E-state index contributed by atoms with van der Waals surface area (Å²) < 4.78 is 19.0. The average molecular weight is 312 g/mol. The SMILES string of the molecule is Fc1ccc2nc(CN3CCNCC3c3cccnc3)oc2c1. The molecule has 1 aromatic carbocycles. The summed E-state index contributed by atoms with van der Waals surface area (Å²) in [6, 6.07) is 8.68. The number of hydrogen-bond acceptors (Lipinski definition) is 5. The van der Waals surface area contributed by atoms with Gasteiger partial charge in [-0.25, -0.2) is 9.37 Å². The Morgan fingerprint density at radius 1 is 1.35 bits per heavy atom. The zero-order valence-corrected chi connectivity index (χ0v) is 12.6. The van der Waals surface area contributed by atoms with Gasteiger partial charge < -0.3 is 9.73 Å². The minimum atomic E-state index is -0.310. The quantitative estimate of drug-likeness (QED) is 0.805. The molecule has 5 nitrogen and oxygen atoms in total. The highest BCUT2D eigenvalue weighted by Gasteiger charge is 2.25. The maximum Gasteiger partial charge on any atom is 0.209 e. The van der Waals surface area contributed by atoms with Gasteiger partial charge in [0, 0.05) is 44.1 Å². The third-order valence-corrected chi connectivity index (χ3v) is 4.16. The highest BCUT2D eigenvalue weighted by Crippen LogP contribution is 2.25. The second-order valence-electron chi connectivity index (χ2n) is 5.70. The number of aromatic nitrogens is 2. The summed E-state index contributed by atoms with van der Waals surface area (Å²) in [6.45, 7) is 3.27. The van der Waals surface area contributed by atoms with Crippen LogP contribution in [0, 0.1) is 5.82 Å². The minimum Gasteiger partial charge on any atom is -0.439 e. The van der Waals surface area contributed by atoms with E-state index in [1.807, 2.05) is 12.3 Å². The van der Waals surface area contributed by atoms with Gasteiger partial charge in [-0.1, -0.05) is 6.07 Å². The number of halogens is 1. The summed E-state index contributed by atoms with van der Waals surface area (Å²) in [7, 11) is 0. The summed E-state index contributed by atoms with van der Waals surface area (Å²) in [5.74, 6) is 0.303. The van der Waals surface area contributed by atoms with Crippen LogP contribution in [0.5, 0.6) is 0 Å². The van der Waals surface area contributed by atoms with Crippen LogP contribution in [0.3, 0.4) is 0 Å². The molecule has 0 saturated carbocycles. The lowest BCUT2D eigenvalue weighted by molar-refractivity contribution is 0.141. The van der Waals surface area contributed by atoms with Crippen molar-refractivity contribution in [3.63, 3.8) is 0 Å². The molecule has 118 valence electrons. The molecule has 2 aromatic heterocycles. The topological polar surface area (TPSA) is 54.2 Å². The minimum absolute atomic E-state index is 0.226. The van der Waals surface area contributed by atoms with Gasteiger partial charge in [-0.05, 0) is 23.8 Å². The summed E-state index contributed by atoms with van der Waals surface area (Å²) >= 11 is 0. The molecule has 1 aliphatic heterocycles. The van der Waals surface area contributed by atoms with Crippen molar-refractivity contribution in [2.75, 3.05) is 19.6 Å². The van der Waals surface area contributed by atoms with Crippen molar-refractivity contribution in [3.8, 4) is 0 Å². The van der Waals surface area contributed by atoms with Crippen LogP contribution in [-0.2, 0) is 6.54 Å². The van der Waals surface area contributed by atoms with Crippen LogP contribution < -0.4 is 5.32 Å². The first kappa shape index (κ1) is 14.3. The Labute approximate surface area is 133 Å². The van der Waals surface area contributed by atoms with E-state index in [4.69, 9.17) is 4.42 Å². The van der Waals surface area contributed by atoms with E-state index in [0.717, 1.165) is 19.6 Å². The molecule has 4 rings (SSSR count). The van der Waals surface area contributed by atoms with Crippen LogP contribution in [0.4, 0.5) is 4.39 Å². The van der Waals surface area contributed by atoms with Crippen molar-refractivity contribution in [2.45, 2.75) is 12.6 Å². The average Bonchev–Trinajstić information content (AvgIpc) is 2.97. The molecule has 0 aliphatic carbocycles. The third kappa shape index (κ3) is 2.95. The van der Waals surface area contributed by atoms with E-state index in [1.165, 1.54) is 17.7 Å². The molecule has 1 atom stereocenters. The molecule has 0 bridgehead atoms. The number of oxazole rings is 1. The van der Waals surface area contributed by atoms with Crippen molar-refractivity contribution in [1.29, 1.82) is 0 Å². The van der Waals surface area contributed by atoms with Crippen molar-refractivity contribution in [3.05, 3.63) is 60.0 Å². The molecule has 0 amide bonds. The van der Waals surface area contributed by atoms with Crippen LogP contribution >= 0.6 is 0 Å². The number of pyridine rings is 1. The van der Waals surface area contributed by atoms with E-state index in [1.54, 1.807) is 12.3 Å². The largest absolute Gasteiger partial charge is 0.439 e. The van der Waals surface area contributed by atoms with Crippen LogP contribution in [0.1, 0.15) is 17.5 Å². The van der Waals surface area contributed by atoms with Gasteiger partial charge in [-0.2, -0.15) is 0 Å². The summed E-state index contributed by atoms with van der Waals surface area (Å²) in [4.78, 5) is 11.0. The Morgan fingerprint density at radius 2 is 2.30 bits per heavy atom. The smallest absolute Gasteiger partial charge is 0.209 e. The molecular formula is C17H17FN4O. The van der Waals surface area contributed by atoms with Crippen molar-refractivity contribution < 1.29 is 8.81 Å². The number of benzene rings is 1. The predicted octanol–water partition coefficient (Wildman–Crippen LogP) is 2.51. The van der Waals surface area contributed by atoms with Gasteiger partial charge >= 0.3 is 0 Å². The Balaban J connectivity index is 1.59. The number of hydrogen-bond donors (Lipinski definition) is 1. The third-order valence-electron chi connectivity index (χ3n) is 4.16. The van der Waals surface area contributed by atoms with Crippen LogP contribution in [0.25, 0.3) is 11.1 Å². The highest BCUT2D eigenvalue weighted by atomic mass is 19.1. The zero-order chi connectivity index (χ0) is 15.6. The molecule has 6 heteroatoms. The van der Waals surface area contributed by atoms with E-state index in [-0.39, 0.29) is 11.9 Å². The van der Waals surface area contributed by atoms with Gasteiger partial charge in [0.1, 0.15) is 11.3 Å². The molecule has 1 unspecified atom stereocenters. The monoisotopic (exact) mass is 312 g/mol. The fourth-order valence-corrected chi connectivity index (χ4v) is 3.02. The fraction of sp³-hybridized carbons (Fsp3) is 0.294. The maximum absolute atomic E-state index is 13.3. The second kappa shape index (κ2) is 6.06. The number of piperazine rings is 1. The first-order chi connectivity index (χ1) is 11.3. The normalized spacial score (nSPS) is 19.3. The van der Waals surface area contributed by atoms with Crippen molar-refractivity contribution in [2.24, 2.45) is 0 Å². The first-order valence-corrected chi connectivity index (χ1v) is 7.69. The van der Waals surface area contributed by atoms with Crippen LogP contribution in [0.15, 0.2) is 47.1 Å². The summed E-state index contributed by atoms with van der Waals surface area (Å²) in [5, 5.41) is 3.41. The Morgan fingerprint density at radius 3 is 3.17 bits per heavy atom. The lowest BCUT2D eigenvalue weighted by Crippen LogP contribution is -2.45. The highest BCUT2D eigenvalue weighted by molar-refractivity contribution is 5.72. The molecule has 0 spiro atoms. The Kier molecular flexibility index (Phi) is 3.77. The predicted molar refractivity (Wildman–Crippen MR) is 84.2 cm³/mol. The van der Waals surface area contributed by atoms with Gasteiger partial charge in [0.05, 0.1) is 6.54 Å². The van der Waals surface area contributed by atoms with Gasteiger partial charge in [0.2, 0.25) is 5.89 Å². The number of nitrogens with zero attached hydrogens (tertiary/aromatic N) is 3. The molecular weight excluding hydrogens is 295 g/mol. The van der Waals surface area contributed by atoms with Crippen LogP contribution in [0.2, 0.25) is 0 Å². The van der Waals surface area contributed by atoms with Gasteiger partial charge in [-0.3, -0.25) is 9.88 Å². The van der Waals surface area contributed by atoms with Gasteiger partial charge in [0.25, 0.3) is 0 Å². The summed E-state index contributed by atoms with van der Waals surface area (Å²) in [5.41, 5.74) is 2.35. The Hall–Kier alpha value is -2.31.